The van der Waals surface area contributed by atoms with Crippen molar-refractivity contribution in [2.24, 2.45) is 0 Å². The molecule has 3 aromatic rings. The molecule has 0 bridgehead atoms. The van der Waals surface area contributed by atoms with Gasteiger partial charge in [0, 0.05) is 0 Å². The minimum atomic E-state index is -2.18. The van der Waals surface area contributed by atoms with Crippen LogP contribution in [0.4, 0.5) is 0 Å². The van der Waals surface area contributed by atoms with E-state index in [2.05, 4.69) is 91.0 Å². The summed E-state index contributed by atoms with van der Waals surface area (Å²) in [5.41, 5.74) is 1.06. The van der Waals surface area contributed by atoms with Crippen LogP contribution in [0, 0.1) is 0 Å². The van der Waals surface area contributed by atoms with Crippen LogP contribution in [-0.2, 0) is 4.74 Å². The highest BCUT2D eigenvalue weighted by molar-refractivity contribution is 7.12. The third-order valence-corrected chi connectivity index (χ3v) is 13.4. The normalized spacial score (nSPS) is 30.4. The van der Waals surface area contributed by atoms with E-state index in [4.69, 9.17) is 4.74 Å². The van der Waals surface area contributed by atoms with Gasteiger partial charge >= 0.3 is 0 Å². The minimum absolute atomic E-state index is 0.187. The molecule has 2 saturated carbocycles. The van der Waals surface area contributed by atoms with E-state index in [0.717, 1.165) is 0 Å². The van der Waals surface area contributed by atoms with Gasteiger partial charge in [-0.2, -0.15) is 0 Å². The van der Waals surface area contributed by atoms with Crippen molar-refractivity contribution in [3.63, 3.8) is 0 Å². The lowest BCUT2D eigenvalue weighted by atomic mass is 9.82. The molecule has 3 aliphatic rings. The monoisotopic (exact) mass is 396 g/mol. The van der Waals surface area contributed by atoms with Crippen molar-refractivity contribution < 1.29 is 4.74 Å². The Bertz CT molecular complexity index is 878. The van der Waals surface area contributed by atoms with Gasteiger partial charge < -0.3 is 4.74 Å². The molecule has 6 rings (SSSR count). The summed E-state index contributed by atoms with van der Waals surface area (Å²) in [7, 11) is -2.18. The first kappa shape index (κ1) is 17.7. The van der Waals surface area contributed by atoms with Crippen LogP contribution in [0.1, 0.15) is 38.5 Å². The van der Waals surface area contributed by atoms with E-state index in [1.165, 1.54) is 38.5 Å². The number of ether oxygens (including phenoxy) is 1. The summed E-state index contributed by atoms with van der Waals surface area (Å²) in [5, 5.41) is 4.65. The molecule has 3 aromatic carbocycles. The second kappa shape index (κ2) is 6.42. The van der Waals surface area contributed by atoms with E-state index < -0.39 is 8.07 Å². The van der Waals surface area contributed by atoms with Gasteiger partial charge in [-0.15, -0.1) is 0 Å². The fourth-order valence-corrected chi connectivity index (χ4v) is 12.7. The largest absolute Gasteiger partial charge is 0.363 e. The van der Waals surface area contributed by atoms with Crippen molar-refractivity contribution >= 4 is 23.6 Å². The third-order valence-electron chi connectivity index (χ3n) is 8.04. The van der Waals surface area contributed by atoms with Gasteiger partial charge in [0.2, 0.25) is 0 Å². The highest BCUT2D eigenvalue weighted by Gasteiger charge is 2.76. The van der Waals surface area contributed by atoms with Crippen LogP contribution < -0.4 is 15.6 Å². The zero-order valence-corrected chi connectivity index (χ0v) is 17.9. The van der Waals surface area contributed by atoms with Crippen LogP contribution in [-0.4, -0.2) is 19.3 Å². The molecule has 29 heavy (non-hydrogen) atoms. The molecule has 146 valence electrons. The summed E-state index contributed by atoms with van der Waals surface area (Å²) >= 11 is 0. The van der Waals surface area contributed by atoms with Crippen molar-refractivity contribution in [2.45, 2.75) is 55.3 Å². The Kier molecular flexibility index (Phi) is 3.91. The summed E-state index contributed by atoms with van der Waals surface area (Å²) in [6, 6.07) is 34.3. The third kappa shape index (κ3) is 2.42. The van der Waals surface area contributed by atoms with Crippen LogP contribution in [0.5, 0.6) is 0 Å². The van der Waals surface area contributed by atoms with Crippen molar-refractivity contribution in [2.75, 3.05) is 0 Å². The van der Waals surface area contributed by atoms with Gasteiger partial charge in [0.05, 0.1) is 11.2 Å². The van der Waals surface area contributed by atoms with Gasteiger partial charge in [0.25, 0.3) is 0 Å². The molecule has 0 aromatic heterocycles. The molecule has 0 amide bonds. The smallest absolute Gasteiger partial charge is 0.151 e. The van der Waals surface area contributed by atoms with E-state index in [1.54, 1.807) is 15.6 Å². The van der Waals surface area contributed by atoms with Crippen LogP contribution >= 0.6 is 0 Å². The second-order valence-corrected chi connectivity index (χ2v) is 13.5. The minimum Gasteiger partial charge on any atom is -0.363 e. The Morgan fingerprint density at radius 1 is 0.586 bits per heavy atom. The summed E-state index contributed by atoms with van der Waals surface area (Å²) in [6.45, 7) is 0. The van der Waals surface area contributed by atoms with E-state index >= 15 is 0 Å². The van der Waals surface area contributed by atoms with E-state index in [0.29, 0.717) is 5.54 Å². The molecule has 1 saturated heterocycles. The Balaban J connectivity index is 1.59. The fourth-order valence-electron chi connectivity index (χ4n) is 6.87. The Morgan fingerprint density at radius 3 is 1.34 bits per heavy atom. The van der Waals surface area contributed by atoms with Crippen LogP contribution in [0.3, 0.4) is 0 Å². The quantitative estimate of drug-likeness (QED) is 0.362. The maximum Gasteiger partial charge on any atom is 0.151 e. The average Bonchev–Trinajstić information content (AvgIpc) is 3.32. The molecule has 2 atom stereocenters. The first-order valence-corrected chi connectivity index (χ1v) is 13.2. The second-order valence-electron chi connectivity index (χ2n) is 9.31. The highest BCUT2D eigenvalue weighted by Crippen LogP contribution is 2.70. The van der Waals surface area contributed by atoms with Crippen LogP contribution in [0.2, 0.25) is 5.54 Å². The van der Waals surface area contributed by atoms with Gasteiger partial charge in [-0.3, -0.25) is 0 Å². The maximum absolute atomic E-state index is 6.54. The van der Waals surface area contributed by atoms with Gasteiger partial charge in [-0.05, 0) is 46.8 Å². The first-order valence-electron chi connectivity index (χ1n) is 11.2. The molecule has 2 unspecified atom stereocenters. The first-order chi connectivity index (χ1) is 14.3. The summed E-state index contributed by atoms with van der Waals surface area (Å²) in [6.07, 6.45) is 7.69. The molecular weight excluding hydrogens is 368 g/mol. The molecule has 0 spiro atoms. The lowest BCUT2D eigenvalue weighted by molar-refractivity contribution is 0.216. The Morgan fingerprint density at radius 2 is 0.966 bits per heavy atom. The van der Waals surface area contributed by atoms with Gasteiger partial charge in [-0.1, -0.05) is 104 Å². The van der Waals surface area contributed by atoms with Crippen molar-refractivity contribution in [3.8, 4) is 0 Å². The molecule has 1 aliphatic heterocycles. The average molecular weight is 397 g/mol. The lowest BCUT2D eigenvalue weighted by Crippen LogP contribution is -2.69. The van der Waals surface area contributed by atoms with E-state index in [9.17, 15) is 0 Å². The van der Waals surface area contributed by atoms with E-state index in [-0.39, 0.29) is 11.2 Å². The standard InChI is InChI=1S/C27H28OSi/c1-4-12-22(13-5-1)29(23-14-6-2-7-15-23,24-16-8-3-9-17-24)25-20-26-18-10-11-19-27(26,21-25)28-26/h1-9,12-17,25H,10-11,18-21H2. The molecule has 0 radical (unpaired) electrons. The molecule has 0 N–H and O–H groups in total. The van der Waals surface area contributed by atoms with E-state index in [1.807, 2.05) is 0 Å². The van der Waals surface area contributed by atoms with Crippen LogP contribution in [0.25, 0.3) is 0 Å². The maximum atomic E-state index is 6.54. The fraction of sp³-hybridized carbons (Fsp3) is 0.333. The summed E-state index contributed by atoms with van der Waals surface area (Å²) < 4.78 is 6.54. The number of rotatable bonds is 4. The predicted octanol–water partition coefficient (Wildman–Crippen LogP) is 4.40. The number of benzene rings is 3. The van der Waals surface area contributed by atoms with Crippen LogP contribution in [0.15, 0.2) is 91.0 Å². The molecule has 2 heteroatoms. The SMILES string of the molecule is c1ccc([Si](c2ccccc2)(c2ccccc2)C2CC34CCCCC3(C2)O4)cc1. The molecule has 1 nitrogen and oxygen atoms in total. The van der Waals surface area contributed by atoms with Crippen molar-refractivity contribution in [1.82, 2.24) is 0 Å². The van der Waals surface area contributed by atoms with Gasteiger partial charge in [0.1, 0.15) is 0 Å². The molecule has 2 aliphatic carbocycles. The van der Waals surface area contributed by atoms with Gasteiger partial charge in [0.15, 0.2) is 8.07 Å². The zero-order chi connectivity index (χ0) is 19.4. The number of hydrogen-bond donors (Lipinski definition) is 0. The van der Waals surface area contributed by atoms with Crippen molar-refractivity contribution in [3.05, 3.63) is 91.0 Å². The number of epoxide rings is 1. The predicted molar refractivity (Wildman–Crippen MR) is 122 cm³/mol. The zero-order valence-electron chi connectivity index (χ0n) is 16.9. The molecular formula is C27H28OSi. The highest BCUT2D eigenvalue weighted by atomic mass is 28.3. The van der Waals surface area contributed by atoms with Gasteiger partial charge in [-0.25, -0.2) is 0 Å². The molecule has 1 heterocycles. The summed E-state index contributed by atoms with van der Waals surface area (Å²) in [4.78, 5) is 0. The summed E-state index contributed by atoms with van der Waals surface area (Å²) in [5.74, 6) is 0. The molecule has 3 fully saturated rings. The lowest BCUT2D eigenvalue weighted by Gasteiger charge is -2.40. The topological polar surface area (TPSA) is 12.5 Å². The van der Waals surface area contributed by atoms with Crippen molar-refractivity contribution in [1.29, 1.82) is 0 Å². The Labute approximate surface area is 174 Å². The number of hydrogen-bond acceptors (Lipinski definition) is 1. The Hall–Kier alpha value is -2.16.